The van der Waals surface area contributed by atoms with Crippen LogP contribution in [0.4, 0.5) is 8.78 Å². The Morgan fingerprint density at radius 2 is 1.69 bits per heavy atom. The fourth-order valence-corrected chi connectivity index (χ4v) is 4.85. The predicted molar refractivity (Wildman–Crippen MR) is 136 cm³/mol. The van der Waals surface area contributed by atoms with Gasteiger partial charge in [0, 0.05) is 36.3 Å². The van der Waals surface area contributed by atoms with E-state index in [4.69, 9.17) is 0 Å². The summed E-state index contributed by atoms with van der Waals surface area (Å²) in [5, 5.41) is 17.2. The Balaban J connectivity index is 1.85. The molecule has 2 amide bonds. The third-order valence-electron chi connectivity index (χ3n) is 6.48. The normalized spacial score (nSPS) is 17.0. The largest absolute Gasteiger partial charge is 0.389 e. The minimum absolute atomic E-state index is 0.0537. The van der Waals surface area contributed by atoms with Gasteiger partial charge in [0.05, 0.1) is 12.1 Å². The van der Waals surface area contributed by atoms with Crippen molar-refractivity contribution in [2.75, 3.05) is 19.6 Å². The number of hydrogen-bond acceptors (Lipinski definition) is 4. The molecule has 3 rings (SSSR count). The maximum atomic E-state index is 13.8. The average Bonchev–Trinajstić information content (AvgIpc) is 3.36. The molecule has 0 saturated carbocycles. The summed E-state index contributed by atoms with van der Waals surface area (Å²) in [6.07, 6.45) is 2.39. The van der Waals surface area contributed by atoms with Crippen molar-refractivity contribution < 1.29 is 23.5 Å². The van der Waals surface area contributed by atoms with Gasteiger partial charge in [-0.2, -0.15) is 0 Å². The van der Waals surface area contributed by atoms with E-state index in [0.29, 0.717) is 29.8 Å². The van der Waals surface area contributed by atoms with Gasteiger partial charge in [-0.25, -0.2) is 8.78 Å². The fourth-order valence-electron chi connectivity index (χ4n) is 4.85. The number of carbonyl (C=O) groups is 2. The SMILES string of the molecule is CCCN(CCC)C(=O)c1cc(C)cc(C(=O)N[C@@H](Cc2cc(F)cc(F)c2)[C@H](O)[C@H]2CCCN2)c1. The molecule has 1 fully saturated rings. The van der Waals surface area contributed by atoms with Crippen LogP contribution in [0.15, 0.2) is 36.4 Å². The summed E-state index contributed by atoms with van der Waals surface area (Å²) in [6.45, 7) is 7.87. The minimum Gasteiger partial charge on any atom is -0.389 e. The second kappa shape index (κ2) is 12.9. The van der Waals surface area contributed by atoms with Gasteiger partial charge < -0.3 is 20.6 Å². The first-order valence-corrected chi connectivity index (χ1v) is 12.8. The van der Waals surface area contributed by atoms with Crippen molar-refractivity contribution in [3.05, 3.63) is 70.3 Å². The van der Waals surface area contributed by atoms with Crippen LogP contribution in [-0.2, 0) is 6.42 Å². The first-order valence-electron chi connectivity index (χ1n) is 12.8. The Kier molecular flexibility index (Phi) is 9.96. The van der Waals surface area contributed by atoms with Crippen molar-refractivity contribution in [2.24, 2.45) is 0 Å². The van der Waals surface area contributed by atoms with Crippen LogP contribution in [0.1, 0.15) is 71.4 Å². The zero-order valence-electron chi connectivity index (χ0n) is 21.3. The van der Waals surface area contributed by atoms with Crippen molar-refractivity contribution in [3.8, 4) is 0 Å². The summed E-state index contributed by atoms with van der Waals surface area (Å²) < 4.78 is 27.6. The number of halogens is 2. The van der Waals surface area contributed by atoms with E-state index in [-0.39, 0.29) is 18.4 Å². The van der Waals surface area contributed by atoms with Gasteiger partial charge >= 0.3 is 0 Å². The number of aliphatic hydroxyl groups is 1. The van der Waals surface area contributed by atoms with Crippen LogP contribution in [0.25, 0.3) is 0 Å². The number of rotatable bonds is 11. The number of amides is 2. The number of carbonyl (C=O) groups excluding carboxylic acids is 2. The van der Waals surface area contributed by atoms with Gasteiger partial charge in [-0.3, -0.25) is 9.59 Å². The van der Waals surface area contributed by atoms with E-state index < -0.39 is 29.7 Å². The van der Waals surface area contributed by atoms with Gasteiger partial charge in [0.25, 0.3) is 11.8 Å². The van der Waals surface area contributed by atoms with Crippen LogP contribution < -0.4 is 10.6 Å². The molecule has 2 aromatic carbocycles. The topological polar surface area (TPSA) is 81.7 Å². The molecular formula is C28H37F2N3O3. The van der Waals surface area contributed by atoms with Crippen molar-refractivity contribution >= 4 is 11.8 Å². The molecule has 0 unspecified atom stereocenters. The number of aryl methyl sites for hydroxylation is 1. The lowest BCUT2D eigenvalue weighted by molar-refractivity contribution is 0.0737. The molecule has 0 radical (unpaired) electrons. The Morgan fingerprint density at radius 1 is 1.06 bits per heavy atom. The van der Waals surface area contributed by atoms with Crippen LogP contribution in [0.2, 0.25) is 0 Å². The summed E-state index contributed by atoms with van der Waals surface area (Å²) in [4.78, 5) is 28.3. The van der Waals surface area contributed by atoms with E-state index in [9.17, 15) is 23.5 Å². The Morgan fingerprint density at radius 3 is 2.28 bits per heavy atom. The summed E-state index contributed by atoms with van der Waals surface area (Å²) in [5.74, 6) is -2.01. The van der Waals surface area contributed by atoms with E-state index in [1.807, 2.05) is 20.8 Å². The molecule has 6 nitrogen and oxygen atoms in total. The van der Waals surface area contributed by atoms with E-state index in [2.05, 4.69) is 10.6 Å². The summed E-state index contributed by atoms with van der Waals surface area (Å²) in [6, 6.07) is 7.20. The predicted octanol–water partition coefficient (Wildman–Crippen LogP) is 3.99. The molecular weight excluding hydrogens is 464 g/mol. The highest BCUT2D eigenvalue weighted by atomic mass is 19.1. The van der Waals surface area contributed by atoms with Crippen LogP contribution in [0.5, 0.6) is 0 Å². The molecule has 0 aliphatic carbocycles. The quantitative estimate of drug-likeness (QED) is 0.435. The fraction of sp³-hybridized carbons (Fsp3) is 0.500. The highest BCUT2D eigenvalue weighted by molar-refractivity contribution is 6.00. The first kappa shape index (κ1) is 27.7. The van der Waals surface area contributed by atoms with Gasteiger partial charge in [0.2, 0.25) is 0 Å². The van der Waals surface area contributed by atoms with Crippen LogP contribution >= 0.6 is 0 Å². The molecule has 0 bridgehead atoms. The lowest BCUT2D eigenvalue weighted by Crippen LogP contribution is -2.52. The minimum atomic E-state index is -0.960. The highest BCUT2D eigenvalue weighted by Crippen LogP contribution is 2.19. The molecule has 1 aliphatic rings. The van der Waals surface area contributed by atoms with Gasteiger partial charge in [0.1, 0.15) is 11.6 Å². The standard InChI is InChI=1S/C28H37F2N3O3/c1-4-9-33(10-5-2)28(36)21-12-18(3)11-20(16-21)27(35)32-25(26(34)24-7-6-8-31-24)15-19-13-22(29)17-23(30)14-19/h11-14,16-17,24-26,31,34H,4-10,15H2,1-3H3,(H,32,35)/t24-,25+,26-/m1/s1. The Labute approximate surface area is 212 Å². The molecule has 8 heteroatoms. The number of benzene rings is 2. The van der Waals surface area contributed by atoms with Gasteiger partial charge in [-0.05, 0) is 87.0 Å². The van der Waals surface area contributed by atoms with Crippen molar-refractivity contribution in [2.45, 2.75) is 71.1 Å². The Bertz CT molecular complexity index is 1030. The number of aliphatic hydroxyl groups excluding tert-OH is 1. The van der Waals surface area contributed by atoms with E-state index >= 15 is 0 Å². The maximum absolute atomic E-state index is 13.8. The molecule has 0 aromatic heterocycles. The third-order valence-corrected chi connectivity index (χ3v) is 6.48. The molecule has 2 aromatic rings. The molecule has 3 atom stereocenters. The van der Waals surface area contributed by atoms with E-state index in [0.717, 1.165) is 43.9 Å². The zero-order chi connectivity index (χ0) is 26.2. The number of hydrogen-bond donors (Lipinski definition) is 3. The van der Waals surface area contributed by atoms with Crippen molar-refractivity contribution in [1.29, 1.82) is 0 Å². The van der Waals surface area contributed by atoms with E-state index in [1.165, 1.54) is 12.1 Å². The second-order valence-corrected chi connectivity index (χ2v) is 9.64. The number of nitrogens with one attached hydrogen (secondary N) is 2. The molecule has 0 spiro atoms. The second-order valence-electron chi connectivity index (χ2n) is 9.64. The maximum Gasteiger partial charge on any atom is 0.253 e. The first-order chi connectivity index (χ1) is 17.2. The average molecular weight is 502 g/mol. The van der Waals surface area contributed by atoms with Crippen molar-refractivity contribution in [3.63, 3.8) is 0 Å². The molecule has 1 aliphatic heterocycles. The van der Waals surface area contributed by atoms with Crippen LogP contribution in [-0.4, -0.2) is 59.6 Å². The van der Waals surface area contributed by atoms with Gasteiger partial charge in [-0.15, -0.1) is 0 Å². The van der Waals surface area contributed by atoms with Crippen molar-refractivity contribution in [1.82, 2.24) is 15.5 Å². The third kappa shape index (κ3) is 7.34. The lowest BCUT2D eigenvalue weighted by Gasteiger charge is -2.29. The monoisotopic (exact) mass is 501 g/mol. The highest BCUT2D eigenvalue weighted by Gasteiger charge is 2.31. The molecule has 1 saturated heterocycles. The van der Waals surface area contributed by atoms with Gasteiger partial charge in [-0.1, -0.05) is 13.8 Å². The molecule has 36 heavy (non-hydrogen) atoms. The van der Waals surface area contributed by atoms with E-state index in [1.54, 1.807) is 23.1 Å². The summed E-state index contributed by atoms with van der Waals surface area (Å²) in [7, 11) is 0. The molecule has 196 valence electrons. The zero-order valence-corrected chi connectivity index (χ0v) is 21.3. The van der Waals surface area contributed by atoms with Crippen LogP contribution in [0, 0.1) is 18.6 Å². The van der Waals surface area contributed by atoms with Gasteiger partial charge in [0.15, 0.2) is 0 Å². The molecule has 3 N–H and O–H groups in total. The Hall–Kier alpha value is -2.84. The molecule has 1 heterocycles. The number of nitrogens with zero attached hydrogens (tertiary/aromatic N) is 1. The summed E-state index contributed by atoms with van der Waals surface area (Å²) >= 11 is 0. The summed E-state index contributed by atoms with van der Waals surface area (Å²) in [5.41, 5.74) is 1.84. The lowest BCUT2D eigenvalue weighted by atomic mass is 9.94. The van der Waals surface area contributed by atoms with Crippen LogP contribution in [0.3, 0.4) is 0 Å². The smallest absolute Gasteiger partial charge is 0.253 e.